The summed E-state index contributed by atoms with van der Waals surface area (Å²) in [6.07, 6.45) is 0. The smallest absolute Gasteiger partial charge is 0.122 e. The molecule has 0 heterocycles. The van der Waals surface area contributed by atoms with Crippen molar-refractivity contribution < 1.29 is 8.95 Å². The summed E-state index contributed by atoms with van der Waals surface area (Å²) in [7, 11) is 0.197. The number of nitrogens with two attached hydrogens (primary N) is 1. The van der Waals surface area contributed by atoms with E-state index >= 15 is 0 Å². The van der Waals surface area contributed by atoms with Gasteiger partial charge in [0.05, 0.1) is 12.0 Å². The fraction of sp³-hybridized carbons (Fsp3) is 0.400. The van der Waals surface area contributed by atoms with Gasteiger partial charge in [0.2, 0.25) is 0 Å². The molecule has 0 spiro atoms. The molecule has 1 atom stereocenters. The van der Waals surface area contributed by atoms with Gasteiger partial charge in [0.1, 0.15) is 16.7 Å². The Kier molecular flexibility index (Phi) is 3.29. The summed E-state index contributed by atoms with van der Waals surface area (Å²) in [5.41, 5.74) is 2.85. The van der Waals surface area contributed by atoms with Gasteiger partial charge in [-0.15, -0.1) is 0 Å². The van der Waals surface area contributed by atoms with Crippen LogP contribution >= 0.6 is 0 Å². The normalized spacial score (nSPS) is 12.6. The Balaban J connectivity index is 3.49. The quantitative estimate of drug-likeness (QED) is 0.811. The van der Waals surface area contributed by atoms with Gasteiger partial charge in [0, 0.05) is 0 Å². The van der Waals surface area contributed by atoms with Crippen LogP contribution in [-0.4, -0.2) is 11.3 Å². The highest BCUT2D eigenvalue weighted by Crippen LogP contribution is 2.28. The molecule has 1 aromatic carbocycles. The highest BCUT2D eigenvalue weighted by Gasteiger charge is 2.13. The summed E-state index contributed by atoms with van der Waals surface area (Å²) in [5.74, 6) is 0.814. The number of ether oxygens (including phenoxy) is 1. The van der Waals surface area contributed by atoms with Crippen molar-refractivity contribution in [2.24, 2.45) is 5.14 Å². The highest BCUT2D eigenvalue weighted by atomic mass is 32.2. The van der Waals surface area contributed by atoms with Crippen molar-refractivity contribution in [2.45, 2.75) is 25.7 Å². The van der Waals surface area contributed by atoms with E-state index < -0.39 is 11.0 Å². The van der Waals surface area contributed by atoms with Crippen LogP contribution in [0.2, 0.25) is 0 Å². The third-order valence-corrected chi connectivity index (χ3v) is 3.43. The fourth-order valence-corrected chi connectivity index (χ4v) is 2.37. The van der Waals surface area contributed by atoms with E-state index in [2.05, 4.69) is 0 Å². The Morgan fingerprint density at radius 1 is 1.29 bits per heavy atom. The van der Waals surface area contributed by atoms with Crippen molar-refractivity contribution in [2.75, 3.05) is 7.11 Å². The third kappa shape index (κ3) is 1.81. The molecule has 1 aromatic rings. The standard InChI is InChI=1S/C10H15NO2S/c1-6-5-9(13-4)7(2)8(3)10(6)14(11)12/h5H,11H2,1-4H3. The molecule has 0 saturated carbocycles. The van der Waals surface area contributed by atoms with Gasteiger partial charge >= 0.3 is 0 Å². The van der Waals surface area contributed by atoms with E-state index in [1.54, 1.807) is 7.11 Å². The first-order valence-corrected chi connectivity index (χ1v) is 5.51. The molecule has 0 radical (unpaired) electrons. The minimum absolute atomic E-state index is 0.711. The van der Waals surface area contributed by atoms with Gasteiger partial charge in [-0.3, -0.25) is 0 Å². The molecule has 3 nitrogen and oxygen atoms in total. The molecule has 0 amide bonds. The molecule has 1 unspecified atom stereocenters. The van der Waals surface area contributed by atoms with Crippen molar-refractivity contribution in [1.82, 2.24) is 0 Å². The Morgan fingerprint density at radius 3 is 2.29 bits per heavy atom. The van der Waals surface area contributed by atoms with Gasteiger partial charge in [-0.1, -0.05) is 0 Å². The lowest BCUT2D eigenvalue weighted by molar-refractivity contribution is 0.410. The van der Waals surface area contributed by atoms with Crippen LogP contribution in [0.15, 0.2) is 11.0 Å². The van der Waals surface area contributed by atoms with Crippen molar-refractivity contribution in [3.63, 3.8) is 0 Å². The molecule has 4 heteroatoms. The Labute approximate surface area is 86.9 Å². The van der Waals surface area contributed by atoms with Gasteiger partial charge in [0.25, 0.3) is 0 Å². The fourth-order valence-electron chi connectivity index (χ4n) is 1.54. The molecule has 2 N–H and O–H groups in total. The van der Waals surface area contributed by atoms with Crippen molar-refractivity contribution >= 4 is 11.0 Å². The molecule has 0 fully saturated rings. The maximum Gasteiger partial charge on any atom is 0.122 e. The molecule has 14 heavy (non-hydrogen) atoms. The number of hydrogen-bond acceptors (Lipinski definition) is 2. The summed E-state index contributed by atoms with van der Waals surface area (Å²) in [4.78, 5) is 0.711. The second kappa shape index (κ2) is 4.11. The Bertz CT molecular complexity index is 388. The average Bonchev–Trinajstić information content (AvgIpc) is 2.10. The first kappa shape index (κ1) is 11.2. The van der Waals surface area contributed by atoms with E-state index in [9.17, 15) is 4.21 Å². The van der Waals surface area contributed by atoms with Crippen LogP contribution in [0.3, 0.4) is 0 Å². The number of aryl methyl sites for hydroxylation is 1. The van der Waals surface area contributed by atoms with E-state index in [0.29, 0.717) is 4.90 Å². The number of methoxy groups -OCH3 is 1. The van der Waals surface area contributed by atoms with Gasteiger partial charge < -0.3 is 4.74 Å². The van der Waals surface area contributed by atoms with Gasteiger partial charge in [0.15, 0.2) is 0 Å². The number of hydrogen-bond donors (Lipinski definition) is 1. The molecule has 0 aromatic heterocycles. The second-order valence-electron chi connectivity index (χ2n) is 3.27. The summed E-state index contributed by atoms with van der Waals surface area (Å²) < 4.78 is 16.5. The van der Waals surface area contributed by atoms with Crippen molar-refractivity contribution in [3.05, 3.63) is 22.8 Å². The van der Waals surface area contributed by atoms with E-state index in [-0.39, 0.29) is 0 Å². The lowest BCUT2D eigenvalue weighted by Gasteiger charge is -2.13. The van der Waals surface area contributed by atoms with Crippen LogP contribution < -0.4 is 9.88 Å². The largest absolute Gasteiger partial charge is 0.496 e. The molecule has 0 aliphatic carbocycles. The summed E-state index contributed by atoms with van der Waals surface area (Å²) in [6.45, 7) is 5.73. The minimum Gasteiger partial charge on any atom is -0.496 e. The molecule has 1 rings (SSSR count). The Morgan fingerprint density at radius 2 is 1.86 bits per heavy atom. The van der Waals surface area contributed by atoms with Crippen molar-refractivity contribution in [3.8, 4) is 5.75 Å². The van der Waals surface area contributed by atoms with Crippen LogP contribution in [0.25, 0.3) is 0 Å². The molecular weight excluding hydrogens is 198 g/mol. The summed E-state index contributed by atoms with van der Waals surface area (Å²) in [5, 5.41) is 5.41. The minimum atomic E-state index is -1.43. The predicted octanol–water partition coefficient (Wildman–Crippen LogP) is 1.60. The molecule has 78 valence electrons. The molecule has 0 bridgehead atoms. The molecule has 0 saturated heterocycles. The van der Waals surface area contributed by atoms with E-state index in [4.69, 9.17) is 9.88 Å². The van der Waals surface area contributed by atoms with Gasteiger partial charge in [-0.05, 0) is 43.5 Å². The van der Waals surface area contributed by atoms with Crippen LogP contribution in [-0.2, 0) is 11.0 Å². The van der Waals surface area contributed by atoms with Crippen LogP contribution in [0.1, 0.15) is 16.7 Å². The second-order valence-corrected chi connectivity index (χ2v) is 4.28. The average molecular weight is 213 g/mol. The first-order valence-electron chi connectivity index (χ1n) is 4.30. The first-order chi connectivity index (χ1) is 6.49. The summed E-state index contributed by atoms with van der Waals surface area (Å²) >= 11 is 0. The number of benzene rings is 1. The SMILES string of the molecule is COc1cc(C)c(S(N)=O)c(C)c1C. The zero-order chi connectivity index (χ0) is 10.9. The summed E-state index contributed by atoms with van der Waals surface area (Å²) in [6, 6.07) is 1.86. The lowest BCUT2D eigenvalue weighted by Crippen LogP contribution is -2.08. The van der Waals surface area contributed by atoms with Gasteiger partial charge in [-0.2, -0.15) is 0 Å². The highest BCUT2D eigenvalue weighted by molar-refractivity contribution is 7.82. The maximum absolute atomic E-state index is 11.3. The lowest BCUT2D eigenvalue weighted by atomic mass is 10.1. The molecule has 0 aliphatic heterocycles. The molecular formula is C10H15NO2S. The molecule has 0 aliphatic rings. The van der Waals surface area contributed by atoms with Crippen LogP contribution in [0.4, 0.5) is 0 Å². The maximum atomic E-state index is 11.3. The van der Waals surface area contributed by atoms with Crippen molar-refractivity contribution in [1.29, 1.82) is 0 Å². The monoisotopic (exact) mass is 213 g/mol. The zero-order valence-electron chi connectivity index (χ0n) is 8.88. The van der Waals surface area contributed by atoms with Crippen LogP contribution in [0, 0.1) is 20.8 Å². The predicted molar refractivity (Wildman–Crippen MR) is 57.8 cm³/mol. The number of rotatable bonds is 2. The zero-order valence-corrected chi connectivity index (χ0v) is 9.70. The van der Waals surface area contributed by atoms with E-state index in [0.717, 1.165) is 22.4 Å². The van der Waals surface area contributed by atoms with E-state index in [1.165, 1.54) is 0 Å². The topological polar surface area (TPSA) is 52.3 Å². The van der Waals surface area contributed by atoms with Gasteiger partial charge in [-0.25, -0.2) is 9.35 Å². The third-order valence-electron chi connectivity index (χ3n) is 2.40. The Hall–Kier alpha value is -0.870. The van der Waals surface area contributed by atoms with Crippen LogP contribution in [0.5, 0.6) is 5.75 Å². The van der Waals surface area contributed by atoms with E-state index in [1.807, 2.05) is 26.8 Å².